The maximum Gasteiger partial charge on any atom is 0.214 e. The molecule has 2 heterocycles. The van der Waals surface area contributed by atoms with E-state index in [0.717, 1.165) is 0 Å². The van der Waals surface area contributed by atoms with Gasteiger partial charge in [0, 0.05) is 13.2 Å². The minimum absolute atomic E-state index is 0.462. The van der Waals surface area contributed by atoms with Gasteiger partial charge in [-0.05, 0) is 6.07 Å². The Bertz CT molecular complexity index is 429. The van der Waals surface area contributed by atoms with E-state index in [4.69, 9.17) is 11.6 Å². The first-order valence-corrected chi connectivity index (χ1v) is 4.29. The van der Waals surface area contributed by atoms with E-state index in [1.54, 1.807) is 19.3 Å². The van der Waals surface area contributed by atoms with Crippen molar-refractivity contribution in [2.75, 3.05) is 12.4 Å². The lowest BCUT2D eigenvalue weighted by Crippen LogP contribution is -1.96. The van der Waals surface area contributed by atoms with Crippen LogP contribution >= 0.6 is 11.6 Å². The van der Waals surface area contributed by atoms with E-state index in [-0.39, 0.29) is 0 Å². The van der Waals surface area contributed by atoms with Crippen LogP contribution in [0.25, 0.3) is 11.4 Å². The third kappa shape index (κ3) is 1.54. The largest absolute Gasteiger partial charge is 0.373 e. The standard InChI is InChI=1S/C8H7ClN4O/c1-10-7-6(2-5(9)3-11-7)8-12-4-14-13-8/h2-4H,1H3,(H,10,11). The van der Waals surface area contributed by atoms with Gasteiger partial charge in [-0.25, -0.2) is 4.98 Å². The number of rotatable bonds is 2. The SMILES string of the molecule is CNc1ncc(Cl)cc1-c1ncon1. The van der Waals surface area contributed by atoms with Crippen molar-refractivity contribution in [3.8, 4) is 11.4 Å². The van der Waals surface area contributed by atoms with Crippen LogP contribution in [0.1, 0.15) is 0 Å². The molecule has 0 atom stereocenters. The molecule has 0 aliphatic rings. The van der Waals surface area contributed by atoms with E-state index in [2.05, 4.69) is 25.0 Å². The molecule has 0 aliphatic carbocycles. The minimum Gasteiger partial charge on any atom is -0.373 e. The van der Waals surface area contributed by atoms with Crippen molar-refractivity contribution in [2.45, 2.75) is 0 Å². The molecule has 0 amide bonds. The number of aromatic nitrogens is 3. The monoisotopic (exact) mass is 210 g/mol. The highest BCUT2D eigenvalue weighted by Gasteiger charge is 2.10. The van der Waals surface area contributed by atoms with Crippen LogP contribution in [0.5, 0.6) is 0 Å². The number of hydrogen-bond donors (Lipinski definition) is 1. The predicted octanol–water partition coefficient (Wildman–Crippen LogP) is 1.83. The second kappa shape index (κ2) is 3.63. The fourth-order valence-corrected chi connectivity index (χ4v) is 1.26. The molecule has 2 rings (SSSR count). The number of nitrogens with one attached hydrogen (secondary N) is 1. The molecule has 0 unspecified atom stereocenters. The summed E-state index contributed by atoms with van der Waals surface area (Å²) in [5.41, 5.74) is 0.716. The molecule has 14 heavy (non-hydrogen) atoms. The van der Waals surface area contributed by atoms with Gasteiger partial charge in [-0.3, -0.25) is 0 Å². The molecule has 2 aromatic rings. The van der Waals surface area contributed by atoms with Crippen molar-refractivity contribution in [1.82, 2.24) is 15.1 Å². The molecule has 0 aliphatic heterocycles. The van der Waals surface area contributed by atoms with Gasteiger partial charge in [-0.1, -0.05) is 16.8 Å². The predicted molar refractivity (Wildman–Crippen MR) is 52.1 cm³/mol. The summed E-state index contributed by atoms with van der Waals surface area (Å²) in [5.74, 6) is 1.13. The fourth-order valence-electron chi connectivity index (χ4n) is 1.10. The number of hydrogen-bond acceptors (Lipinski definition) is 5. The lowest BCUT2D eigenvalue weighted by molar-refractivity contribution is 0.419. The Kier molecular flexibility index (Phi) is 2.32. The van der Waals surface area contributed by atoms with E-state index in [0.29, 0.717) is 22.2 Å². The van der Waals surface area contributed by atoms with Crippen molar-refractivity contribution in [1.29, 1.82) is 0 Å². The normalized spacial score (nSPS) is 10.1. The molecule has 0 saturated carbocycles. The molecule has 72 valence electrons. The van der Waals surface area contributed by atoms with Crippen LogP contribution in [0.15, 0.2) is 23.2 Å². The van der Waals surface area contributed by atoms with Crippen LogP contribution in [-0.2, 0) is 0 Å². The van der Waals surface area contributed by atoms with E-state index in [9.17, 15) is 0 Å². The highest BCUT2D eigenvalue weighted by Crippen LogP contribution is 2.25. The van der Waals surface area contributed by atoms with Gasteiger partial charge < -0.3 is 9.84 Å². The van der Waals surface area contributed by atoms with Crippen molar-refractivity contribution >= 4 is 17.4 Å². The Labute approximate surface area is 85.1 Å². The first-order valence-electron chi connectivity index (χ1n) is 3.91. The average Bonchev–Trinajstić information content (AvgIpc) is 2.70. The van der Waals surface area contributed by atoms with Gasteiger partial charge in [0.2, 0.25) is 12.2 Å². The highest BCUT2D eigenvalue weighted by molar-refractivity contribution is 6.30. The summed E-state index contributed by atoms with van der Waals surface area (Å²) in [4.78, 5) is 8.01. The summed E-state index contributed by atoms with van der Waals surface area (Å²) in [7, 11) is 1.76. The summed E-state index contributed by atoms with van der Waals surface area (Å²) in [6, 6.07) is 1.73. The molecule has 5 nitrogen and oxygen atoms in total. The maximum atomic E-state index is 5.81. The first kappa shape index (κ1) is 8.96. The molecule has 6 heteroatoms. The van der Waals surface area contributed by atoms with E-state index in [1.807, 2.05) is 0 Å². The average molecular weight is 211 g/mol. The fraction of sp³-hybridized carbons (Fsp3) is 0.125. The van der Waals surface area contributed by atoms with Gasteiger partial charge in [-0.2, -0.15) is 4.98 Å². The molecule has 0 fully saturated rings. The number of anilines is 1. The summed E-state index contributed by atoms with van der Waals surface area (Å²) in [6.45, 7) is 0. The number of pyridine rings is 1. The smallest absolute Gasteiger partial charge is 0.214 e. The Balaban J connectivity index is 2.55. The molecule has 2 aromatic heterocycles. The molecule has 1 N–H and O–H groups in total. The van der Waals surface area contributed by atoms with Crippen LogP contribution in [0, 0.1) is 0 Å². The van der Waals surface area contributed by atoms with Crippen LogP contribution in [0.3, 0.4) is 0 Å². The van der Waals surface area contributed by atoms with Gasteiger partial charge in [0.1, 0.15) is 5.82 Å². The second-order valence-electron chi connectivity index (χ2n) is 2.55. The topological polar surface area (TPSA) is 63.8 Å². The second-order valence-corrected chi connectivity index (χ2v) is 2.99. The third-order valence-corrected chi connectivity index (χ3v) is 1.90. The first-order chi connectivity index (χ1) is 6.81. The molecule has 0 bridgehead atoms. The maximum absolute atomic E-state index is 5.81. The Morgan fingerprint density at radius 2 is 2.29 bits per heavy atom. The number of halogens is 1. The van der Waals surface area contributed by atoms with Crippen LogP contribution in [0.2, 0.25) is 5.02 Å². The van der Waals surface area contributed by atoms with E-state index >= 15 is 0 Å². The third-order valence-electron chi connectivity index (χ3n) is 1.69. The Morgan fingerprint density at radius 1 is 1.43 bits per heavy atom. The highest BCUT2D eigenvalue weighted by atomic mass is 35.5. The van der Waals surface area contributed by atoms with Gasteiger partial charge in [0.05, 0.1) is 10.6 Å². The van der Waals surface area contributed by atoms with Gasteiger partial charge in [0.15, 0.2) is 0 Å². The zero-order chi connectivity index (χ0) is 9.97. The lowest BCUT2D eigenvalue weighted by Gasteiger charge is -2.03. The molecule has 0 saturated heterocycles. The summed E-state index contributed by atoms with van der Waals surface area (Å²) in [6.07, 6.45) is 2.81. The van der Waals surface area contributed by atoms with Crippen molar-refractivity contribution < 1.29 is 4.52 Å². The summed E-state index contributed by atoms with van der Waals surface area (Å²) in [5, 5.41) is 7.16. The summed E-state index contributed by atoms with van der Waals surface area (Å²) >= 11 is 5.81. The van der Waals surface area contributed by atoms with Gasteiger partial charge in [-0.15, -0.1) is 0 Å². The Morgan fingerprint density at radius 3 is 2.93 bits per heavy atom. The van der Waals surface area contributed by atoms with Crippen molar-refractivity contribution in [2.24, 2.45) is 0 Å². The van der Waals surface area contributed by atoms with Gasteiger partial charge in [0.25, 0.3) is 0 Å². The molecule has 0 radical (unpaired) electrons. The van der Waals surface area contributed by atoms with Crippen LogP contribution in [-0.4, -0.2) is 22.2 Å². The van der Waals surface area contributed by atoms with Crippen molar-refractivity contribution in [3.63, 3.8) is 0 Å². The molecule has 0 spiro atoms. The van der Waals surface area contributed by atoms with Crippen molar-refractivity contribution in [3.05, 3.63) is 23.7 Å². The van der Waals surface area contributed by atoms with Crippen LogP contribution < -0.4 is 5.32 Å². The van der Waals surface area contributed by atoms with E-state index in [1.165, 1.54) is 6.39 Å². The quantitative estimate of drug-likeness (QED) is 0.819. The van der Waals surface area contributed by atoms with E-state index < -0.39 is 0 Å². The van der Waals surface area contributed by atoms with Gasteiger partial charge >= 0.3 is 0 Å². The number of nitrogens with zero attached hydrogens (tertiary/aromatic N) is 3. The Hall–Kier alpha value is -1.62. The molecular weight excluding hydrogens is 204 g/mol. The minimum atomic E-state index is 0.462. The zero-order valence-corrected chi connectivity index (χ0v) is 8.12. The zero-order valence-electron chi connectivity index (χ0n) is 7.36. The lowest BCUT2D eigenvalue weighted by atomic mass is 10.2. The molecule has 0 aromatic carbocycles. The van der Waals surface area contributed by atoms with Crippen LogP contribution in [0.4, 0.5) is 5.82 Å². The molecular formula is C8H7ClN4O. The summed E-state index contributed by atoms with van der Waals surface area (Å²) < 4.78 is 4.65.